The molecule has 0 N–H and O–H groups in total. The van der Waals surface area contributed by atoms with Gasteiger partial charge >= 0.3 is 0 Å². The molecule has 108 valence electrons. The highest BCUT2D eigenvalue weighted by Crippen LogP contribution is 2.34. The fourth-order valence-corrected chi connectivity index (χ4v) is 1.75. The minimum absolute atomic E-state index is 0.584. The molecule has 0 bridgehead atoms. The molecule has 0 fully saturated rings. The number of halogens is 6. The number of fused-ring (bicyclic) bond motifs is 1. The van der Waals surface area contributed by atoms with Crippen molar-refractivity contribution in [2.75, 3.05) is 0 Å². The largest absolute Gasteiger partial charge is 0.488 e. The van der Waals surface area contributed by atoms with E-state index in [0.29, 0.717) is 6.07 Å². The molecular weight excluding hydrogens is 286 g/mol. The minimum Gasteiger partial charge on any atom is -0.488 e. The highest BCUT2D eigenvalue weighted by Gasteiger charge is 2.26. The topological polar surface area (TPSA) is 9.23 Å². The van der Waals surface area contributed by atoms with E-state index in [-0.39, 0.29) is 0 Å². The zero-order chi connectivity index (χ0) is 15.2. The Balaban J connectivity index is 2.91. The molecular formula is C13H8F6O. The van der Waals surface area contributed by atoms with Crippen LogP contribution in [0.1, 0.15) is 13.8 Å². The standard InChI is InChI=1S/C13H8F6O/c1-4(2)20-6-3-5-7(10(16)9(6)15)11(17)13(19)12(18)8(5)14/h3-4H,1-2H3. The molecule has 0 saturated heterocycles. The zero-order valence-electron chi connectivity index (χ0n) is 10.3. The predicted octanol–water partition coefficient (Wildman–Crippen LogP) is 4.46. The number of hydrogen-bond acceptors (Lipinski definition) is 1. The third kappa shape index (κ3) is 2.07. The van der Waals surface area contributed by atoms with Crippen molar-refractivity contribution in [1.29, 1.82) is 0 Å². The van der Waals surface area contributed by atoms with E-state index >= 15 is 0 Å². The maximum absolute atomic E-state index is 13.7. The molecule has 0 saturated carbocycles. The molecule has 1 nitrogen and oxygen atoms in total. The van der Waals surface area contributed by atoms with Crippen LogP contribution in [0, 0.1) is 34.9 Å². The van der Waals surface area contributed by atoms with E-state index in [2.05, 4.69) is 0 Å². The van der Waals surface area contributed by atoms with Gasteiger partial charge in [0.05, 0.1) is 11.5 Å². The van der Waals surface area contributed by atoms with E-state index in [0.717, 1.165) is 0 Å². The maximum atomic E-state index is 13.7. The average molecular weight is 294 g/mol. The van der Waals surface area contributed by atoms with Crippen molar-refractivity contribution in [3.63, 3.8) is 0 Å². The van der Waals surface area contributed by atoms with Crippen LogP contribution in [0.2, 0.25) is 0 Å². The molecule has 2 rings (SSSR count). The summed E-state index contributed by atoms with van der Waals surface area (Å²) in [6, 6.07) is 0.592. The second kappa shape index (κ2) is 4.88. The van der Waals surface area contributed by atoms with Crippen LogP contribution >= 0.6 is 0 Å². The summed E-state index contributed by atoms with van der Waals surface area (Å²) in [5, 5.41) is -2.23. The van der Waals surface area contributed by atoms with E-state index in [1.807, 2.05) is 0 Å². The van der Waals surface area contributed by atoms with Gasteiger partial charge in [0, 0.05) is 5.39 Å². The first-order chi connectivity index (χ1) is 9.25. The van der Waals surface area contributed by atoms with Crippen LogP contribution in [0.5, 0.6) is 5.75 Å². The molecule has 0 aromatic heterocycles. The van der Waals surface area contributed by atoms with Gasteiger partial charge in [-0.25, -0.2) is 22.0 Å². The van der Waals surface area contributed by atoms with Gasteiger partial charge in [-0.15, -0.1) is 0 Å². The van der Waals surface area contributed by atoms with Gasteiger partial charge in [0.1, 0.15) is 0 Å². The monoisotopic (exact) mass is 294 g/mol. The molecule has 20 heavy (non-hydrogen) atoms. The summed E-state index contributed by atoms with van der Waals surface area (Å²) in [6.45, 7) is 2.98. The van der Waals surface area contributed by atoms with Crippen LogP contribution in [0.25, 0.3) is 10.8 Å². The van der Waals surface area contributed by atoms with E-state index < -0.39 is 57.5 Å². The predicted molar refractivity (Wildman–Crippen MR) is 59.5 cm³/mol. The number of rotatable bonds is 2. The Morgan fingerprint density at radius 1 is 0.750 bits per heavy atom. The van der Waals surface area contributed by atoms with Crippen molar-refractivity contribution in [2.45, 2.75) is 20.0 Å². The van der Waals surface area contributed by atoms with Gasteiger partial charge in [0.2, 0.25) is 5.82 Å². The molecule has 0 unspecified atom stereocenters. The zero-order valence-corrected chi connectivity index (χ0v) is 10.3. The Morgan fingerprint density at radius 2 is 1.25 bits per heavy atom. The highest BCUT2D eigenvalue weighted by molar-refractivity contribution is 5.86. The van der Waals surface area contributed by atoms with Crippen LogP contribution < -0.4 is 4.74 Å². The lowest BCUT2D eigenvalue weighted by molar-refractivity contribution is 0.228. The molecule has 2 aromatic rings. The minimum atomic E-state index is -2.20. The SMILES string of the molecule is CC(C)Oc1cc2c(F)c(F)c(F)c(F)c2c(F)c1F. The van der Waals surface area contributed by atoms with Gasteiger partial charge in [-0.1, -0.05) is 0 Å². The highest BCUT2D eigenvalue weighted by atomic mass is 19.2. The smallest absolute Gasteiger partial charge is 0.201 e. The summed E-state index contributed by atoms with van der Waals surface area (Å²) >= 11 is 0. The van der Waals surface area contributed by atoms with E-state index in [4.69, 9.17) is 4.74 Å². The van der Waals surface area contributed by atoms with E-state index in [1.54, 1.807) is 0 Å². The van der Waals surface area contributed by atoms with Gasteiger partial charge in [-0.3, -0.25) is 0 Å². The summed E-state index contributed by atoms with van der Waals surface area (Å²) in [5.74, 6) is -12.3. The second-order valence-electron chi connectivity index (χ2n) is 4.35. The number of ether oxygens (including phenoxy) is 1. The third-order valence-corrected chi connectivity index (χ3v) is 2.57. The van der Waals surface area contributed by atoms with Gasteiger partial charge in [-0.05, 0) is 19.9 Å². The Morgan fingerprint density at radius 3 is 1.80 bits per heavy atom. The lowest BCUT2D eigenvalue weighted by Crippen LogP contribution is -2.09. The van der Waals surface area contributed by atoms with Gasteiger partial charge in [-0.2, -0.15) is 4.39 Å². The Bertz CT molecular complexity index is 696. The normalized spacial score (nSPS) is 11.4. The summed E-state index contributed by atoms with van der Waals surface area (Å²) in [4.78, 5) is 0. The first kappa shape index (κ1) is 14.5. The van der Waals surface area contributed by atoms with Crippen LogP contribution in [-0.4, -0.2) is 6.10 Å². The van der Waals surface area contributed by atoms with E-state index in [1.165, 1.54) is 13.8 Å². The molecule has 0 aliphatic rings. The lowest BCUT2D eigenvalue weighted by Gasteiger charge is -2.13. The quantitative estimate of drug-likeness (QED) is 0.451. The molecule has 0 atom stereocenters. The Kier molecular flexibility index (Phi) is 3.54. The molecule has 0 amide bonds. The van der Waals surface area contributed by atoms with Gasteiger partial charge in [0.15, 0.2) is 34.8 Å². The average Bonchev–Trinajstić information content (AvgIpc) is 2.38. The molecule has 0 aliphatic carbocycles. The van der Waals surface area contributed by atoms with Crippen LogP contribution in [0.4, 0.5) is 26.3 Å². The van der Waals surface area contributed by atoms with Crippen molar-refractivity contribution >= 4 is 10.8 Å². The van der Waals surface area contributed by atoms with Crippen molar-refractivity contribution in [3.8, 4) is 5.75 Å². The van der Waals surface area contributed by atoms with Gasteiger partial charge in [0.25, 0.3) is 0 Å². The van der Waals surface area contributed by atoms with Crippen molar-refractivity contribution in [2.24, 2.45) is 0 Å². The van der Waals surface area contributed by atoms with Gasteiger partial charge < -0.3 is 4.74 Å². The van der Waals surface area contributed by atoms with Crippen molar-refractivity contribution < 1.29 is 31.1 Å². The second-order valence-corrected chi connectivity index (χ2v) is 4.35. The summed E-state index contributed by atoms with van der Waals surface area (Å²) in [7, 11) is 0. The van der Waals surface area contributed by atoms with Crippen molar-refractivity contribution in [1.82, 2.24) is 0 Å². The van der Waals surface area contributed by atoms with Crippen LogP contribution in [0.15, 0.2) is 6.07 Å². The summed E-state index contributed by atoms with van der Waals surface area (Å²) in [6.07, 6.45) is -0.584. The number of hydrogen-bond donors (Lipinski definition) is 0. The molecule has 0 heterocycles. The molecule has 0 spiro atoms. The Labute approximate surface area is 109 Å². The Hall–Kier alpha value is -1.92. The van der Waals surface area contributed by atoms with E-state index in [9.17, 15) is 26.3 Å². The molecule has 7 heteroatoms. The summed E-state index contributed by atoms with van der Waals surface area (Å²) in [5.41, 5.74) is 0. The lowest BCUT2D eigenvalue weighted by atomic mass is 10.1. The fraction of sp³-hybridized carbons (Fsp3) is 0.231. The fourth-order valence-electron chi connectivity index (χ4n) is 1.75. The first-order valence-corrected chi connectivity index (χ1v) is 5.56. The van der Waals surface area contributed by atoms with Crippen molar-refractivity contribution in [3.05, 3.63) is 41.0 Å². The van der Waals surface area contributed by atoms with Crippen LogP contribution in [-0.2, 0) is 0 Å². The maximum Gasteiger partial charge on any atom is 0.201 e. The molecule has 2 aromatic carbocycles. The van der Waals surface area contributed by atoms with Crippen LogP contribution in [0.3, 0.4) is 0 Å². The molecule has 0 aliphatic heterocycles. The number of benzene rings is 2. The molecule has 0 radical (unpaired) electrons. The summed E-state index contributed by atoms with van der Waals surface area (Å²) < 4.78 is 85.3. The third-order valence-electron chi connectivity index (χ3n) is 2.57. The first-order valence-electron chi connectivity index (χ1n) is 5.56.